The normalized spacial score (nSPS) is 20.9. The standard InChI is InChI=1S/C11H17ClN4/c12-11-10(15-5-6-16-11)8-13-7-9-3-1-2-4-14-9/h5-6,9,13-14H,1-4,7-8H2/t9-/m1/s1. The Hall–Kier alpha value is -0.710. The summed E-state index contributed by atoms with van der Waals surface area (Å²) >= 11 is 5.92. The molecule has 1 aromatic heterocycles. The zero-order chi connectivity index (χ0) is 11.2. The number of hydrogen-bond acceptors (Lipinski definition) is 4. The second-order valence-corrected chi connectivity index (χ2v) is 4.43. The number of piperidine rings is 1. The summed E-state index contributed by atoms with van der Waals surface area (Å²) in [6.07, 6.45) is 7.15. The van der Waals surface area contributed by atoms with Crippen LogP contribution < -0.4 is 10.6 Å². The summed E-state index contributed by atoms with van der Waals surface area (Å²) < 4.78 is 0. The number of hydrogen-bond donors (Lipinski definition) is 2. The Balaban J connectivity index is 1.73. The van der Waals surface area contributed by atoms with E-state index in [0.29, 0.717) is 17.7 Å². The van der Waals surface area contributed by atoms with Gasteiger partial charge in [0.05, 0.1) is 5.69 Å². The largest absolute Gasteiger partial charge is 0.313 e. The van der Waals surface area contributed by atoms with Crippen molar-refractivity contribution >= 4 is 11.6 Å². The first-order chi connectivity index (χ1) is 7.86. The fourth-order valence-corrected chi connectivity index (χ4v) is 2.10. The fraction of sp³-hybridized carbons (Fsp3) is 0.636. The van der Waals surface area contributed by atoms with Gasteiger partial charge in [0, 0.05) is 31.5 Å². The highest BCUT2D eigenvalue weighted by molar-refractivity contribution is 6.29. The molecule has 1 fully saturated rings. The first-order valence-electron chi connectivity index (χ1n) is 5.76. The van der Waals surface area contributed by atoms with E-state index in [0.717, 1.165) is 18.8 Å². The molecule has 2 heterocycles. The van der Waals surface area contributed by atoms with Gasteiger partial charge in [-0.05, 0) is 19.4 Å². The summed E-state index contributed by atoms with van der Waals surface area (Å²) in [4.78, 5) is 8.18. The molecule has 1 aromatic rings. The van der Waals surface area contributed by atoms with E-state index in [4.69, 9.17) is 11.6 Å². The molecule has 5 heteroatoms. The third kappa shape index (κ3) is 3.40. The van der Waals surface area contributed by atoms with Crippen LogP contribution in [0, 0.1) is 0 Å². The first-order valence-corrected chi connectivity index (χ1v) is 6.13. The third-order valence-corrected chi connectivity index (χ3v) is 3.13. The molecule has 0 spiro atoms. The molecule has 2 rings (SSSR count). The van der Waals surface area contributed by atoms with Gasteiger partial charge < -0.3 is 10.6 Å². The minimum atomic E-state index is 0.492. The predicted molar refractivity (Wildman–Crippen MR) is 64.4 cm³/mol. The maximum Gasteiger partial charge on any atom is 0.151 e. The van der Waals surface area contributed by atoms with Crippen molar-refractivity contribution in [3.63, 3.8) is 0 Å². The Morgan fingerprint density at radius 3 is 3.00 bits per heavy atom. The number of aromatic nitrogens is 2. The van der Waals surface area contributed by atoms with Crippen molar-refractivity contribution in [2.45, 2.75) is 31.8 Å². The fourth-order valence-electron chi connectivity index (χ4n) is 1.93. The van der Waals surface area contributed by atoms with E-state index in [2.05, 4.69) is 20.6 Å². The second-order valence-electron chi connectivity index (χ2n) is 4.07. The van der Waals surface area contributed by atoms with Crippen molar-refractivity contribution in [2.24, 2.45) is 0 Å². The minimum Gasteiger partial charge on any atom is -0.313 e. The van der Waals surface area contributed by atoms with Crippen molar-refractivity contribution in [2.75, 3.05) is 13.1 Å². The van der Waals surface area contributed by atoms with Crippen LogP contribution in [0.1, 0.15) is 25.0 Å². The molecule has 0 aromatic carbocycles. The maximum absolute atomic E-state index is 5.92. The zero-order valence-electron chi connectivity index (χ0n) is 9.25. The lowest BCUT2D eigenvalue weighted by molar-refractivity contribution is 0.382. The van der Waals surface area contributed by atoms with Gasteiger partial charge in [0.1, 0.15) is 0 Å². The van der Waals surface area contributed by atoms with Crippen LogP contribution in [0.5, 0.6) is 0 Å². The van der Waals surface area contributed by atoms with Crippen LogP contribution in [0.25, 0.3) is 0 Å². The molecule has 0 saturated carbocycles. The van der Waals surface area contributed by atoms with Gasteiger partial charge in [-0.3, -0.25) is 4.98 Å². The molecule has 16 heavy (non-hydrogen) atoms. The molecular weight excluding hydrogens is 224 g/mol. The van der Waals surface area contributed by atoms with Crippen LogP contribution in [0.3, 0.4) is 0 Å². The minimum absolute atomic E-state index is 0.492. The van der Waals surface area contributed by atoms with Crippen LogP contribution in [-0.2, 0) is 6.54 Å². The van der Waals surface area contributed by atoms with E-state index >= 15 is 0 Å². The topological polar surface area (TPSA) is 49.8 Å². The highest BCUT2D eigenvalue weighted by atomic mass is 35.5. The van der Waals surface area contributed by atoms with E-state index in [-0.39, 0.29) is 0 Å². The van der Waals surface area contributed by atoms with E-state index in [9.17, 15) is 0 Å². The number of nitrogens with zero attached hydrogens (tertiary/aromatic N) is 2. The Morgan fingerprint density at radius 1 is 1.38 bits per heavy atom. The van der Waals surface area contributed by atoms with Gasteiger partial charge >= 0.3 is 0 Å². The predicted octanol–water partition coefficient (Wildman–Crippen LogP) is 1.36. The molecule has 0 aliphatic carbocycles. The summed E-state index contributed by atoms with van der Waals surface area (Å²) in [5.41, 5.74) is 0.819. The SMILES string of the molecule is Clc1nccnc1CNC[C@H]1CCCCN1. The molecule has 4 nitrogen and oxygen atoms in total. The van der Waals surface area contributed by atoms with Crippen molar-refractivity contribution < 1.29 is 0 Å². The van der Waals surface area contributed by atoms with Crippen molar-refractivity contribution in [1.82, 2.24) is 20.6 Å². The Bertz CT molecular complexity index is 326. The average Bonchev–Trinajstić information content (AvgIpc) is 2.33. The zero-order valence-corrected chi connectivity index (χ0v) is 10.0. The van der Waals surface area contributed by atoms with Crippen LogP contribution >= 0.6 is 11.6 Å². The molecular formula is C11H17ClN4. The maximum atomic E-state index is 5.92. The molecule has 0 radical (unpaired) electrons. The lowest BCUT2D eigenvalue weighted by Gasteiger charge is -2.23. The van der Waals surface area contributed by atoms with E-state index < -0.39 is 0 Å². The van der Waals surface area contributed by atoms with E-state index in [1.807, 2.05) is 0 Å². The van der Waals surface area contributed by atoms with Crippen molar-refractivity contribution in [3.8, 4) is 0 Å². The Morgan fingerprint density at radius 2 is 2.25 bits per heavy atom. The van der Waals surface area contributed by atoms with Gasteiger partial charge in [0.15, 0.2) is 5.15 Å². The van der Waals surface area contributed by atoms with Gasteiger partial charge in [-0.1, -0.05) is 18.0 Å². The van der Waals surface area contributed by atoms with Gasteiger partial charge in [-0.2, -0.15) is 0 Å². The molecule has 0 amide bonds. The molecule has 1 saturated heterocycles. The number of rotatable bonds is 4. The molecule has 0 unspecified atom stereocenters. The molecule has 0 bridgehead atoms. The molecule has 1 atom stereocenters. The highest BCUT2D eigenvalue weighted by Gasteiger charge is 2.11. The smallest absolute Gasteiger partial charge is 0.151 e. The summed E-state index contributed by atoms with van der Waals surface area (Å²) in [6, 6.07) is 0.587. The van der Waals surface area contributed by atoms with E-state index in [1.54, 1.807) is 12.4 Å². The van der Waals surface area contributed by atoms with Crippen LogP contribution in [0.15, 0.2) is 12.4 Å². The van der Waals surface area contributed by atoms with Crippen molar-refractivity contribution in [3.05, 3.63) is 23.2 Å². The van der Waals surface area contributed by atoms with Gasteiger partial charge in [0.2, 0.25) is 0 Å². The van der Waals surface area contributed by atoms with Crippen molar-refractivity contribution in [1.29, 1.82) is 0 Å². The molecule has 1 aliphatic heterocycles. The first kappa shape index (κ1) is 11.8. The summed E-state index contributed by atoms with van der Waals surface area (Å²) in [5.74, 6) is 0. The van der Waals surface area contributed by atoms with Crippen LogP contribution in [-0.4, -0.2) is 29.1 Å². The Labute approximate surface area is 101 Å². The van der Waals surface area contributed by atoms with Crippen LogP contribution in [0.4, 0.5) is 0 Å². The number of halogens is 1. The van der Waals surface area contributed by atoms with Crippen LogP contribution in [0.2, 0.25) is 5.15 Å². The average molecular weight is 241 g/mol. The van der Waals surface area contributed by atoms with Gasteiger partial charge in [-0.15, -0.1) is 0 Å². The molecule has 2 N–H and O–H groups in total. The van der Waals surface area contributed by atoms with Gasteiger partial charge in [-0.25, -0.2) is 4.98 Å². The summed E-state index contributed by atoms with van der Waals surface area (Å²) in [6.45, 7) is 2.79. The monoisotopic (exact) mass is 240 g/mol. The number of nitrogens with one attached hydrogen (secondary N) is 2. The summed E-state index contributed by atoms with van der Waals surface area (Å²) in [7, 11) is 0. The van der Waals surface area contributed by atoms with E-state index in [1.165, 1.54) is 19.3 Å². The molecule has 1 aliphatic rings. The lowest BCUT2D eigenvalue weighted by atomic mass is 10.1. The molecule has 88 valence electrons. The van der Waals surface area contributed by atoms with Gasteiger partial charge in [0.25, 0.3) is 0 Å². The second kappa shape index (κ2) is 6.13. The Kier molecular flexibility index (Phi) is 4.51. The lowest BCUT2D eigenvalue weighted by Crippen LogP contribution is -2.41. The third-order valence-electron chi connectivity index (χ3n) is 2.82. The quantitative estimate of drug-likeness (QED) is 0.835. The summed E-state index contributed by atoms with van der Waals surface area (Å²) in [5, 5.41) is 7.34. The highest BCUT2D eigenvalue weighted by Crippen LogP contribution is 2.09.